The van der Waals surface area contributed by atoms with Crippen LogP contribution >= 0.6 is 22.9 Å². The zero-order chi connectivity index (χ0) is 20.6. The van der Waals surface area contributed by atoms with Gasteiger partial charge in [0.2, 0.25) is 0 Å². The Morgan fingerprint density at radius 1 is 1.55 bits per heavy atom. The van der Waals surface area contributed by atoms with Crippen LogP contribution in [0.3, 0.4) is 0 Å². The number of thiazole rings is 1. The van der Waals surface area contributed by atoms with Crippen LogP contribution in [0.15, 0.2) is 29.8 Å². The van der Waals surface area contributed by atoms with Gasteiger partial charge in [-0.3, -0.25) is 4.79 Å². The van der Waals surface area contributed by atoms with E-state index >= 15 is 0 Å². The number of hydrogen-bond donors (Lipinski definition) is 1. The van der Waals surface area contributed by atoms with Crippen LogP contribution < -0.4 is 4.74 Å². The fraction of sp³-hybridized carbons (Fsp3) is 0.500. The predicted molar refractivity (Wildman–Crippen MR) is 110 cm³/mol. The van der Waals surface area contributed by atoms with Crippen molar-refractivity contribution in [3.05, 3.63) is 45.4 Å². The zero-order valence-corrected chi connectivity index (χ0v) is 17.8. The van der Waals surface area contributed by atoms with E-state index in [9.17, 15) is 9.90 Å². The van der Waals surface area contributed by atoms with Crippen molar-refractivity contribution in [2.75, 3.05) is 26.5 Å². The molecule has 2 aromatic rings. The molecule has 9 heteroatoms. The molecule has 1 unspecified atom stereocenters. The van der Waals surface area contributed by atoms with Gasteiger partial charge in [-0.15, -0.1) is 11.3 Å². The fourth-order valence-electron chi connectivity index (χ4n) is 3.59. The second kappa shape index (κ2) is 7.85. The maximum Gasteiger partial charge on any atom is 0.254 e. The summed E-state index contributed by atoms with van der Waals surface area (Å²) in [6.45, 7) is 4.56. The third kappa shape index (κ3) is 4.13. The molecule has 2 fully saturated rings. The van der Waals surface area contributed by atoms with E-state index in [0.29, 0.717) is 35.8 Å². The first-order chi connectivity index (χ1) is 13.8. The number of amides is 1. The first-order valence-corrected chi connectivity index (χ1v) is 10.6. The van der Waals surface area contributed by atoms with Crippen molar-refractivity contribution in [2.24, 2.45) is 0 Å². The largest absolute Gasteiger partial charge is 0.489 e. The van der Waals surface area contributed by atoms with Gasteiger partial charge in [-0.1, -0.05) is 11.6 Å². The normalized spacial score (nSPS) is 24.4. The van der Waals surface area contributed by atoms with E-state index in [1.807, 2.05) is 5.38 Å². The highest BCUT2D eigenvalue weighted by Gasteiger charge is 2.52. The molecule has 2 atom stereocenters. The van der Waals surface area contributed by atoms with Crippen LogP contribution in [0.2, 0.25) is 5.02 Å². The van der Waals surface area contributed by atoms with Crippen LogP contribution in [-0.4, -0.2) is 59.1 Å². The van der Waals surface area contributed by atoms with Gasteiger partial charge in [0.1, 0.15) is 30.3 Å². The standard InChI is InChI=1S/C20H23ClN2O5S.H2/c1-19(2,25)11-26-15-4-3-13(9-14(15)21)17(24)23-7-5-20(18-22-6-8-29-18)16(10-23)27-12-28-20;/h3-4,6,8-9,16,25H,5,7,10-12H2,1-2H3;1H/t16?,20-;/m0./s1. The Morgan fingerprint density at radius 2 is 2.38 bits per heavy atom. The third-order valence-corrected chi connectivity index (χ3v) is 6.31. The van der Waals surface area contributed by atoms with E-state index in [2.05, 4.69) is 4.98 Å². The van der Waals surface area contributed by atoms with Gasteiger partial charge in [0, 0.05) is 31.5 Å². The molecule has 0 saturated carbocycles. The van der Waals surface area contributed by atoms with Crippen molar-refractivity contribution < 1.29 is 25.5 Å². The minimum Gasteiger partial charge on any atom is -0.489 e. The van der Waals surface area contributed by atoms with Gasteiger partial charge >= 0.3 is 0 Å². The molecule has 29 heavy (non-hydrogen) atoms. The summed E-state index contributed by atoms with van der Waals surface area (Å²) in [7, 11) is 0. The van der Waals surface area contributed by atoms with E-state index in [1.165, 1.54) is 0 Å². The number of benzene rings is 1. The Kier molecular flexibility index (Phi) is 5.56. The first kappa shape index (κ1) is 20.6. The number of halogens is 1. The Labute approximate surface area is 179 Å². The van der Waals surface area contributed by atoms with Gasteiger partial charge in [0.05, 0.1) is 17.2 Å². The summed E-state index contributed by atoms with van der Waals surface area (Å²) in [4.78, 5) is 19.2. The molecule has 0 radical (unpaired) electrons. The second-order valence-electron chi connectivity index (χ2n) is 7.89. The summed E-state index contributed by atoms with van der Waals surface area (Å²) >= 11 is 7.83. The highest BCUT2D eigenvalue weighted by molar-refractivity contribution is 7.09. The molecule has 2 aliphatic heterocycles. The number of aromatic nitrogens is 1. The summed E-state index contributed by atoms with van der Waals surface area (Å²) in [5.74, 6) is 0.309. The summed E-state index contributed by atoms with van der Waals surface area (Å²) in [6.07, 6.45) is 2.13. The number of carbonyl (C=O) groups excluding carboxylic acids is 1. The molecule has 7 nitrogen and oxygen atoms in total. The lowest BCUT2D eigenvalue weighted by Gasteiger charge is -2.40. The summed E-state index contributed by atoms with van der Waals surface area (Å²) in [5.41, 5.74) is -1.07. The number of carbonyl (C=O) groups is 1. The molecule has 0 aliphatic carbocycles. The Hall–Kier alpha value is -1.71. The number of piperidine rings is 1. The minimum absolute atomic E-state index is 0. The van der Waals surface area contributed by atoms with Crippen LogP contribution in [0, 0.1) is 0 Å². The van der Waals surface area contributed by atoms with Crippen molar-refractivity contribution >= 4 is 28.8 Å². The minimum atomic E-state index is -0.973. The summed E-state index contributed by atoms with van der Waals surface area (Å²) < 4.78 is 17.3. The molecule has 0 bridgehead atoms. The van der Waals surface area contributed by atoms with E-state index in [1.54, 1.807) is 54.5 Å². The maximum atomic E-state index is 13.0. The average Bonchev–Trinajstić information content (AvgIpc) is 3.35. The average molecular weight is 441 g/mol. The molecule has 4 rings (SSSR count). The molecule has 3 heterocycles. The molecule has 0 spiro atoms. The molecular weight excluding hydrogens is 416 g/mol. The molecule has 1 amide bonds. The monoisotopic (exact) mass is 440 g/mol. The summed E-state index contributed by atoms with van der Waals surface area (Å²) in [5, 5.41) is 12.9. The number of ether oxygens (including phenoxy) is 3. The number of hydrogen-bond acceptors (Lipinski definition) is 7. The van der Waals surface area contributed by atoms with Crippen LogP contribution in [-0.2, 0) is 15.1 Å². The van der Waals surface area contributed by atoms with E-state index in [0.717, 1.165) is 5.01 Å². The van der Waals surface area contributed by atoms with E-state index in [4.69, 9.17) is 25.8 Å². The third-order valence-electron chi connectivity index (χ3n) is 5.09. The lowest BCUT2D eigenvalue weighted by molar-refractivity contribution is -0.0440. The Balaban J connectivity index is 0.00000256. The van der Waals surface area contributed by atoms with Crippen LogP contribution in [0.4, 0.5) is 0 Å². The van der Waals surface area contributed by atoms with Gasteiger partial charge in [-0.2, -0.15) is 0 Å². The van der Waals surface area contributed by atoms with Gasteiger partial charge in [0.15, 0.2) is 5.60 Å². The highest BCUT2D eigenvalue weighted by Crippen LogP contribution is 2.43. The number of fused-ring (bicyclic) bond motifs is 1. The van der Waals surface area contributed by atoms with Crippen LogP contribution in [0.5, 0.6) is 5.75 Å². The molecule has 2 saturated heterocycles. The zero-order valence-electron chi connectivity index (χ0n) is 16.3. The molecular formula is C20H25ClN2O5S. The van der Waals surface area contributed by atoms with Gasteiger partial charge in [-0.25, -0.2) is 4.98 Å². The Bertz CT molecular complexity index is 892. The molecule has 1 aromatic heterocycles. The molecule has 2 aliphatic rings. The van der Waals surface area contributed by atoms with Crippen LogP contribution in [0.25, 0.3) is 0 Å². The quantitative estimate of drug-likeness (QED) is 0.768. The lowest BCUT2D eigenvalue weighted by atomic mass is 9.89. The molecule has 1 N–H and O–H groups in total. The van der Waals surface area contributed by atoms with Crippen molar-refractivity contribution in [1.29, 1.82) is 0 Å². The first-order valence-electron chi connectivity index (χ1n) is 9.38. The highest BCUT2D eigenvalue weighted by atomic mass is 35.5. The number of nitrogens with zero attached hydrogens (tertiary/aromatic N) is 2. The van der Waals surface area contributed by atoms with E-state index < -0.39 is 11.2 Å². The SMILES string of the molecule is CC(C)(O)COc1ccc(C(=O)N2CC[C@]3(c4nccs4)OCOC3C2)cc1Cl.[HH]. The second-order valence-corrected chi connectivity index (χ2v) is 9.19. The lowest BCUT2D eigenvalue weighted by Crippen LogP contribution is -2.53. The maximum absolute atomic E-state index is 13.0. The fourth-order valence-corrected chi connectivity index (χ4v) is 4.69. The Morgan fingerprint density at radius 3 is 3.07 bits per heavy atom. The molecule has 1 aromatic carbocycles. The van der Waals surface area contributed by atoms with Gasteiger partial charge in [0.25, 0.3) is 5.91 Å². The van der Waals surface area contributed by atoms with E-state index in [-0.39, 0.29) is 26.8 Å². The predicted octanol–water partition coefficient (Wildman–Crippen LogP) is 3.31. The summed E-state index contributed by atoms with van der Waals surface area (Å²) in [6, 6.07) is 4.93. The van der Waals surface area contributed by atoms with Crippen molar-refractivity contribution in [2.45, 2.75) is 37.6 Å². The van der Waals surface area contributed by atoms with Gasteiger partial charge in [-0.05, 0) is 32.0 Å². The number of likely N-dealkylation sites (tertiary alicyclic amines) is 1. The van der Waals surface area contributed by atoms with Gasteiger partial charge < -0.3 is 24.2 Å². The van der Waals surface area contributed by atoms with Crippen molar-refractivity contribution in [3.8, 4) is 5.75 Å². The molecule has 158 valence electrons. The topological polar surface area (TPSA) is 81.1 Å². The number of rotatable bonds is 5. The van der Waals surface area contributed by atoms with Crippen molar-refractivity contribution in [1.82, 2.24) is 9.88 Å². The number of aliphatic hydroxyl groups is 1. The van der Waals surface area contributed by atoms with Crippen LogP contribution in [0.1, 0.15) is 37.1 Å². The smallest absolute Gasteiger partial charge is 0.254 e. The van der Waals surface area contributed by atoms with Crippen molar-refractivity contribution in [3.63, 3.8) is 0 Å².